The number of hydrogen-bond acceptors (Lipinski definition) is 29. The van der Waals surface area contributed by atoms with E-state index in [0.29, 0.717) is 0 Å². The molecule has 3 heterocycles. The van der Waals surface area contributed by atoms with Crippen LogP contribution in [0.25, 0.3) is 0 Å². The minimum atomic E-state index is -1.54. The second kappa shape index (κ2) is 44.7. The Bertz CT molecular complexity index is 1520. The van der Waals surface area contributed by atoms with Crippen LogP contribution in [-0.4, -0.2) is 339 Å². The number of carbonyl (C=O) groups is 3. The number of carbonyl (C=O) groups excluding carboxylic acids is 3. The van der Waals surface area contributed by atoms with Gasteiger partial charge in [-0.15, -0.1) is 0 Å². The second-order valence-electron chi connectivity index (χ2n) is 20.1. The second-order valence-corrected chi connectivity index (χ2v) is 20.1. The zero-order chi connectivity index (χ0) is 61.5. The summed E-state index contributed by atoms with van der Waals surface area (Å²) in [6, 6.07) is 0. The van der Waals surface area contributed by atoms with Crippen LogP contribution in [0.1, 0.15) is 33.1 Å². The highest BCUT2D eigenvalue weighted by Gasteiger charge is 2.45. The van der Waals surface area contributed by atoms with Crippen molar-refractivity contribution in [1.82, 2.24) is 21.3 Å². The van der Waals surface area contributed by atoms with Gasteiger partial charge in [0.15, 0.2) is 18.9 Å². The third-order valence-corrected chi connectivity index (χ3v) is 13.7. The molecule has 3 aliphatic heterocycles. The van der Waals surface area contributed by atoms with E-state index in [-0.39, 0.29) is 195 Å². The molecule has 494 valence electrons. The Kier molecular flexibility index (Phi) is 40.3. The van der Waals surface area contributed by atoms with Crippen molar-refractivity contribution in [3.05, 3.63) is 0 Å². The van der Waals surface area contributed by atoms with E-state index in [1.807, 2.05) is 0 Å². The predicted octanol–water partition coefficient (Wildman–Crippen LogP) is -7.39. The lowest BCUT2D eigenvalue weighted by Gasteiger charge is -2.40. The maximum absolute atomic E-state index is 12.6. The van der Waals surface area contributed by atoms with Gasteiger partial charge in [-0.25, -0.2) is 0 Å². The number of aliphatic hydroxyl groups is 10. The highest BCUT2D eigenvalue weighted by Crippen LogP contribution is 2.28. The number of rotatable bonds is 49. The number of amides is 3. The summed E-state index contributed by atoms with van der Waals surface area (Å²) in [4.78, 5) is 37.7. The normalized spacial score (nSPS) is 28.9. The molecular weight excluding hydrogens is 1130 g/mol. The van der Waals surface area contributed by atoms with E-state index < -0.39 is 117 Å². The van der Waals surface area contributed by atoms with Gasteiger partial charge in [0.1, 0.15) is 48.8 Å². The van der Waals surface area contributed by atoms with Gasteiger partial charge in [-0.1, -0.05) is 13.8 Å². The molecule has 0 aliphatic carbocycles. The molecule has 3 saturated heterocycles. The maximum Gasteiger partial charge on any atom is 0.222 e. The first kappa shape index (κ1) is 75.6. The van der Waals surface area contributed by atoms with Gasteiger partial charge in [-0.05, 0) is 7.05 Å². The quantitative estimate of drug-likeness (QED) is 0.0252. The zero-order valence-electron chi connectivity index (χ0n) is 48.7. The zero-order valence-corrected chi connectivity index (χ0v) is 48.7. The standard InChI is InChI=1S/C52H98N4O28/c1-34-42(63)44(65)36(28-57)82-49(34)79-25-22-73-19-16-70-13-7-54-39(60)4-10-76-31-52(53-3,32-77-11-5-40(61)55-8-14-71-17-20-74-23-26-80-50-35(2)43(64)45(66)37(29-58)83-50)33-78-12-6-41(62)56-9-15-72-18-21-75-24-27-81-51-48(69)47(68)46(67)38(30-59)84-51/h34-38,42-51,53,57-59,63-69H,4-33H2,1-3H3,(H,54,60)(H,55,61)(H,56,62). The van der Waals surface area contributed by atoms with Crippen molar-refractivity contribution >= 4 is 17.7 Å². The van der Waals surface area contributed by atoms with E-state index >= 15 is 0 Å². The number of nitrogens with one attached hydrogen (secondary N) is 4. The van der Waals surface area contributed by atoms with Crippen LogP contribution in [0.2, 0.25) is 0 Å². The van der Waals surface area contributed by atoms with E-state index in [1.165, 1.54) is 0 Å². The summed E-state index contributed by atoms with van der Waals surface area (Å²) in [5, 5.41) is 110. The number of aliphatic hydroxyl groups excluding tert-OH is 10. The van der Waals surface area contributed by atoms with Crippen molar-refractivity contribution in [3.63, 3.8) is 0 Å². The summed E-state index contributed by atoms with van der Waals surface area (Å²) in [6.45, 7) is 5.75. The molecule has 0 spiro atoms. The Balaban J connectivity index is 1.29. The predicted molar refractivity (Wildman–Crippen MR) is 288 cm³/mol. The molecule has 32 nitrogen and oxygen atoms in total. The van der Waals surface area contributed by atoms with Gasteiger partial charge in [0.25, 0.3) is 0 Å². The molecule has 3 aliphatic rings. The first-order chi connectivity index (χ1) is 40.5. The Labute approximate surface area is 490 Å². The minimum absolute atomic E-state index is 0.00714. The van der Waals surface area contributed by atoms with Gasteiger partial charge in [-0.2, -0.15) is 0 Å². The summed E-state index contributed by atoms with van der Waals surface area (Å²) in [7, 11) is 1.68. The highest BCUT2D eigenvalue weighted by molar-refractivity contribution is 5.76. The summed E-state index contributed by atoms with van der Waals surface area (Å²) >= 11 is 0. The molecule has 0 bridgehead atoms. The van der Waals surface area contributed by atoms with Crippen LogP contribution in [0, 0.1) is 11.8 Å². The van der Waals surface area contributed by atoms with Gasteiger partial charge >= 0.3 is 0 Å². The lowest BCUT2D eigenvalue weighted by atomic mass is 9.92. The topological polar surface area (TPSA) is 440 Å². The van der Waals surface area contributed by atoms with Crippen molar-refractivity contribution in [2.45, 2.75) is 119 Å². The van der Waals surface area contributed by atoms with Crippen molar-refractivity contribution in [3.8, 4) is 0 Å². The molecule has 0 aromatic carbocycles. The Morgan fingerprint density at radius 1 is 0.369 bits per heavy atom. The smallest absolute Gasteiger partial charge is 0.222 e. The Morgan fingerprint density at radius 3 is 0.976 bits per heavy atom. The van der Waals surface area contributed by atoms with Crippen LogP contribution in [0.4, 0.5) is 0 Å². The fourth-order valence-electron chi connectivity index (χ4n) is 8.35. The number of hydrogen-bond donors (Lipinski definition) is 14. The average molecular weight is 1230 g/mol. The SMILES string of the molecule is CNC(COCCC(=O)NCCOCCOCCOC1OC(CO)C(O)C(O)C1C)(COCCC(=O)NCCOCCOCCOC1OC(CO)C(O)C(O)C1C)COCCC(=O)NCCOCCOCCOC1OC(CO)C(O)C(O)C1O. The maximum atomic E-state index is 12.6. The molecule has 15 unspecified atom stereocenters. The van der Waals surface area contributed by atoms with E-state index in [1.54, 1.807) is 20.9 Å². The van der Waals surface area contributed by atoms with Crippen LogP contribution < -0.4 is 21.3 Å². The lowest BCUT2D eigenvalue weighted by molar-refractivity contribution is -0.302. The van der Waals surface area contributed by atoms with Crippen LogP contribution >= 0.6 is 0 Å². The summed E-state index contributed by atoms with van der Waals surface area (Å²) in [5.74, 6) is -1.85. The highest BCUT2D eigenvalue weighted by atomic mass is 16.7. The van der Waals surface area contributed by atoms with Crippen molar-refractivity contribution in [1.29, 1.82) is 0 Å². The molecular formula is C52H98N4O28. The van der Waals surface area contributed by atoms with E-state index in [2.05, 4.69) is 21.3 Å². The van der Waals surface area contributed by atoms with Crippen LogP contribution in [0.15, 0.2) is 0 Å². The molecule has 84 heavy (non-hydrogen) atoms. The number of likely N-dealkylation sites (N-methyl/N-ethyl adjacent to an activating group) is 1. The molecule has 3 amide bonds. The lowest BCUT2D eigenvalue weighted by Crippen LogP contribution is -2.59. The van der Waals surface area contributed by atoms with Gasteiger partial charge in [0.2, 0.25) is 17.7 Å². The van der Waals surface area contributed by atoms with Gasteiger partial charge in [0.05, 0.1) is 176 Å². The summed E-state index contributed by atoms with van der Waals surface area (Å²) in [6.07, 6.45) is -14.9. The van der Waals surface area contributed by atoms with Crippen LogP contribution in [0.5, 0.6) is 0 Å². The molecule has 0 aromatic rings. The fourth-order valence-corrected chi connectivity index (χ4v) is 8.35. The van der Waals surface area contributed by atoms with Gasteiger partial charge in [-0.3, -0.25) is 14.4 Å². The third kappa shape index (κ3) is 29.1. The molecule has 3 fully saturated rings. The summed E-state index contributed by atoms with van der Waals surface area (Å²) in [5.41, 5.74) is -0.941. The van der Waals surface area contributed by atoms with Crippen molar-refractivity contribution in [2.24, 2.45) is 11.8 Å². The molecule has 0 saturated carbocycles. The van der Waals surface area contributed by atoms with Crippen molar-refractivity contribution < 1.29 is 137 Å². The first-order valence-corrected chi connectivity index (χ1v) is 28.6. The first-order valence-electron chi connectivity index (χ1n) is 28.6. The Morgan fingerprint density at radius 2 is 0.655 bits per heavy atom. The molecule has 32 heteroatoms. The van der Waals surface area contributed by atoms with E-state index in [9.17, 15) is 65.4 Å². The van der Waals surface area contributed by atoms with Crippen molar-refractivity contribution in [2.75, 3.05) is 185 Å². The van der Waals surface area contributed by atoms with Gasteiger partial charge < -0.3 is 143 Å². The fraction of sp³-hybridized carbons (Fsp3) is 0.942. The molecule has 0 radical (unpaired) electrons. The van der Waals surface area contributed by atoms with Crippen LogP contribution in [-0.2, 0) is 85.4 Å². The average Bonchev–Trinajstić information content (AvgIpc) is 3.51. The largest absolute Gasteiger partial charge is 0.394 e. The molecule has 15 atom stereocenters. The van der Waals surface area contributed by atoms with E-state index in [0.717, 1.165) is 0 Å². The van der Waals surface area contributed by atoms with Crippen LogP contribution in [0.3, 0.4) is 0 Å². The molecule has 14 N–H and O–H groups in total. The monoisotopic (exact) mass is 1230 g/mol. The Hall–Kier alpha value is -2.63. The minimum Gasteiger partial charge on any atom is -0.394 e. The van der Waals surface area contributed by atoms with E-state index in [4.69, 9.17) is 71.1 Å². The number of ether oxygens (including phenoxy) is 15. The summed E-state index contributed by atoms with van der Waals surface area (Å²) < 4.78 is 83.7. The molecule has 0 aromatic heterocycles. The third-order valence-electron chi connectivity index (χ3n) is 13.7. The molecule has 3 rings (SSSR count). The van der Waals surface area contributed by atoms with Gasteiger partial charge in [0, 0.05) is 50.7 Å².